The summed E-state index contributed by atoms with van der Waals surface area (Å²) in [6.45, 7) is 8.82. The number of methoxy groups -OCH3 is 1. The van der Waals surface area contributed by atoms with Crippen LogP contribution in [-0.2, 0) is 11.3 Å². The van der Waals surface area contributed by atoms with Gasteiger partial charge in [-0.1, -0.05) is 74.4 Å². The number of hydrogen-bond acceptors (Lipinski definition) is 2. The smallest absolute Gasteiger partial charge is 0.338 e. The molecule has 3 heteroatoms. The standard InChI is InChI=1S/C28H31NO2/c1-4-6-19-29-26(21-15-11-8-12-16-21)25(20-13-9-7-10-14-20)24-18-17-23(28(30)31-3)22(5-2)27(24)29/h4-5,8,11-12,15-18,20H,1-2,6-7,9-10,13-14,19H2,3H3. The summed E-state index contributed by atoms with van der Waals surface area (Å²) < 4.78 is 7.46. The van der Waals surface area contributed by atoms with Gasteiger partial charge in [-0.25, -0.2) is 4.79 Å². The molecule has 1 aromatic heterocycles. The van der Waals surface area contributed by atoms with Crippen molar-refractivity contribution >= 4 is 22.9 Å². The molecular formula is C28H31NO2. The SMILES string of the molecule is C=CCCn1c(-c2ccccc2)c(C2CCCCC2)c2ccc(C(=O)OC)c(C=C)c21. The van der Waals surface area contributed by atoms with Gasteiger partial charge in [-0.3, -0.25) is 0 Å². The van der Waals surface area contributed by atoms with Crippen LogP contribution in [0.15, 0.2) is 61.7 Å². The molecule has 3 nitrogen and oxygen atoms in total. The van der Waals surface area contributed by atoms with Crippen LogP contribution in [0.4, 0.5) is 0 Å². The summed E-state index contributed by atoms with van der Waals surface area (Å²) in [5, 5.41) is 1.23. The van der Waals surface area contributed by atoms with E-state index in [4.69, 9.17) is 4.74 Å². The Kier molecular flexibility index (Phi) is 6.41. The number of carbonyl (C=O) groups is 1. The van der Waals surface area contributed by atoms with Crippen LogP contribution in [0.2, 0.25) is 0 Å². The lowest BCUT2D eigenvalue weighted by molar-refractivity contribution is 0.0600. The van der Waals surface area contributed by atoms with E-state index in [1.165, 1.54) is 61.4 Å². The zero-order chi connectivity index (χ0) is 21.8. The van der Waals surface area contributed by atoms with E-state index in [1.54, 1.807) is 6.08 Å². The predicted octanol–water partition coefficient (Wildman–Crippen LogP) is 7.36. The molecule has 0 amide bonds. The van der Waals surface area contributed by atoms with Crippen LogP contribution in [0, 0.1) is 0 Å². The number of hydrogen-bond donors (Lipinski definition) is 0. The van der Waals surface area contributed by atoms with Crippen molar-refractivity contribution in [3.05, 3.63) is 78.4 Å². The Hall–Kier alpha value is -3.07. The lowest BCUT2D eigenvalue weighted by atomic mass is 9.81. The number of aryl methyl sites for hydroxylation is 1. The Morgan fingerprint density at radius 3 is 2.48 bits per heavy atom. The van der Waals surface area contributed by atoms with Gasteiger partial charge in [0.25, 0.3) is 0 Å². The number of aromatic nitrogens is 1. The van der Waals surface area contributed by atoms with E-state index in [0.29, 0.717) is 11.5 Å². The van der Waals surface area contributed by atoms with Gasteiger partial charge in [0.15, 0.2) is 0 Å². The van der Waals surface area contributed by atoms with Crippen LogP contribution in [0.5, 0.6) is 0 Å². The first-order valence-corrected chi connectivity index (χ1v) is 11.3. The van der Waals surface area contributed by atoms with Gasteiger partial charge in [0.2, 0.25) is 0 Å². The molecule has 0 atom stereocenters. The van der Waals surface area contributed by atoms with Gasteiger partial charge in [0.1, 0.15) is 0 Å². The van der Waals surface area contributed by atoms with E-state index in [2.05, 4.69) is 54.1 Å². The van der Waals surface area contributed by atoms with Crippen molar-refractivity contribution in [1.82, 2.24) is 4.57 Å². The quantitative estimate of drug-likeness (QED) is 0.299. The molecule has 1 aliphatic rings. The van der Waals surface area contributed by atoms with Gasteiger partial charge in [-0.15, -0.1) is 6.58 Å². The van der Waals surface area contributed by atoms with Gasteiger partial charge in [-0.2, -0.15) is 0 Å². The molecular weight excluding hydrogens is 382 g/mol. The molecule has 0 radical (unpaired) electrons. The topological polar surface area (TPSA) is 31.2 Å². The van der Waals surface area contributed by atoms with E-state index in [9.17, 15) is 4.79 Å². The number of fused-ring (bicyclic) bond motifs is 1. The number of benzene rings is 2. The highest BCUT2D eigenvalue weighted by atomic mass is 16.5. The number of ether oxygens (including phenoxy) is 1. The Labute approximate surface area is 185 Å². The summed E-state index contributed by atoms with van der Waals surface area (Å²) in [5.74, 6) is 0.201. The lowest BCUT2D eigenvalue weighted by Crippen LogP contribution is -2.07. The molecule has 1 aliphatic carbocycles. The summed E-state index contributed by atoms with van der Waals surface area (Å²) in [5.41, 5.74) is 6.42. The minimum atomic E-state index is -0.325. The average Bonchev–Trinajstić information content (AvgIpc) is 3.16. The van der Waals surface area contributed by atoms with Crippen molar-refractivity contribution < 1.29 is 9.53 Å². The lowest BCUT2D eigenvalue weighted by Gasteiger charge is -2.23. The molecule has 1 fully saturated rings. The molecule has 1 heterocycles. The first-order valence-electron chi connectivity index (χ1n) is 11.3. The minimum Gasteiger partial charge on any atom is -0.465 e. The second-order valence-electron chi connectivity index (χ2n) is 8.31. The summed E-state index contributed by atoms with van der Waals surface area (Å²) in [7, 11) is 1.43. The van der Waals surface area contributed by atoms with E-state index in [0.717, 1.165) is 24.0 Å². The number of carbonyl (C=O) groups excluding carboxylic acids is 1. The summed E-state index contributed by atoms with van der Waals surface area (Å²) in [6, 6.07) is 14.7. The second-order valence-corrected chi connectivity index (χ2v) is 8.31. The molecule has 0 N–H and O–H groups in total. The predicted molar refractivity (Wildman–Crippen MR) is 129 cm³/mol. The largest absolute Gasteiger partial charge is 0.465 e. The third-order valence-electron chi connectivity index (χ3n) is 6.53. The van der Waals surface area contributed by atoms with Crippen molar-refractivity contribution in [2.45, 2.75) is 51.0 Å². The van der Waals surface area contributed by atoms with Crippen LogP contribution in [0.25, 0.3) is 28.2 Å². The summed E-state index contributed by atoms with van der Waals surface area (Å²) in [4.78, 5) is 12.5. The summed E-state index contributed by atoms with van der Waals surface area (Å²) in [6.07, 6.45) is 10.9. The van der Waals surface area contributed by atoms with E-state index >= 15 is 0 Å². The van der Waals surface area contributed by atoms with Crippen LogP contribution in [-0.4, -0.2) is 17.6 Å². The summed E-state index contributed by atoms with van der Waals surface area (Å²) >= 11 is 0. The van der Waals surface area contributed by atoms with Crippen LogP contribution in [0.1, 0.15) is 65.9 Å². The number of nitrogens with zero attached hydrogens (tertiary/aromatic N) is 1. The highest BCUT2D eigenvalue weighted by Crippen LogP contribution is 2.45. The maximum Gasteiger partial charge on any atom is 0.338 e. The molecule has 0 saturated heterocycles. The van der Waals surface area contributed by atoms with Gasteiger partial charge in [-0.05, 0) is 42.4 Å². The van der Waals surface area contributed by atoms with Gasteiger partial charge in [0, 0.05) is 17.5 Å². The van der Waals surface area contributed by atoms with Crippen molar-refractivity contribution in [2.75, 3.05) is 7.11 Å². The monoisotopic (exact) mass is 413 g/mol. The van der Waals surface area contributed by atoms with E-state index in [1.807, 2.05) is 12.1 Å². The Morgan fingerprint density at radius 2 is 1.84 bits per heavy atom. The molecule has 1 saturated carbocycles. The first kappa shape index (κ1) is 21.2. The molecule has 160 valence electrons. The van der Waals surface area contributed by atoms with Gasteiger partial charge in [0.05, 0.1) is 23.9 Å². The highest BCUT2D eigenvalue weighted by molar-refractivity contribution is 6.05. The zero-order valence-electron chi connectivity index (χ0n) is 18.4. The maximum atomic E-state index is 12.5. The molecule has 31 heavy (non-hydrogen) atoms. The van der Waals surface area contributed by atoms with Crippen LogP contribution < -0.4 is 0 Å². The van der Waals surface area contributed by atoms with Crippen LogP contribution in [0.3, 0.4) is 0 Å². The second kappa shape index (κ2) is 9.38. The van der Waals surface area contributed by atoms with E-state index in [-0.39, 0.29) is 5.97 Å². The molecule has 0 aliphatic heterocycles. The Bertz CT molecular complexity index is 1100. The Morgan fingerprint density at radius 1 is 1.10 bits per heavy atom. The fraction of sp³-hybridized carbons (Fsp3) is 0.321. The van der Waals surface area contributed by atoms with Crippen molar-refractivity contribution in [3.63, 3.8) is 0 Å². The third-order valence-corrected chi connectivity index (χ3v) is 6.53. The van der Waals surface area contributed by atoms with Gasteiger partial charge < -0.3 is 9.30 Å². The highest BCUT2D eigenvalue weighted by Gasteiger charge is 2.28. The molecule has 0 spiro atoms. The minimum absolute atomic E-state index is 0.325. The molecule has 2 aromatic carbocycles. The fourth-order valence-electron chi connectivity index (χ4n) is 5.15. The third kappa shape index (κ3) is 3.85. The molecule has 3 aromatic rings. The molecule has 4 rings (SSSR count). The van der Waals surface area contributed by atoms with Crippen molar-refractivity contribution in [3.8, 4) is 11.3 Å². The Balaban J connectivity index is 2.11. The fourth-order valence-corrected chi connectivity index (χ4v) is 5.15. The van der Waals surface area contributed by atoms with Crippen molar-refractivity contribution in [2.24, 2.45) is 0 Å². The van der Waals surface area contributed by atoms with Gasteiger partial charge >= 0.3 is 5.97 Å². The number of rotatable bonds is 7. The zero-order valence-corrected chi connectivity index (χ0v) is 18.4. The molecule has 0 unspecified atom stereocenters. The first-order chi connectivity index (χ1) is 15.2. The molecule has 0 bridgehead atoms. The van der Waals surface area contributed by atoms with E-state index < -0.39 is 0 Å². The number of allylic oxidation sites excluding steroid dienone is 1. The normalized spacial score (nSPS) is 14.5. The number of esters is 1. The van der Waals surface area contributed by atoms with Crippen LogP contribution >= 0.6 is 0 Å². The van der Waals surface area contributed by atoms with Crippen molar-refractivity contribution in [1.29, 1.82) is 0 Å². The maximum absolute atomic E-state index is 12.5. The average molecular weight is 414 g/mol.